The first kappa shape index (κ1) is 14.5. The van der Waals surface area contributed by atoms with E-state index in [1.54, 1.807) is 0 Å². The number of hydrogen-bond acceptors (Lipinski definition) is 4. The van der Waals surface area contributed by atoms with Gasteiger partial charge in [0, 0.05) is 24.7 Å². The van der Waals surface area contributed by atoms with Crippen molar-refractivity contribution in [3.63, 3.8) is 0 Å². The number of amides is 1. The third-order valence-corrected chi connectivity index (χ3v) is 4.67. The van der Waals surface area contributed by atoms with Crippen molar-refractivity contribution >= 4 is 5.91 Å². The Hall–Kier alpha value is -1.43. The molecule has 0 aromatic heterocycles. The molecule has 2 aliphatic rings. The summed E-state index contributed by atoms with van der Waals surface area (Å²) >= 11 is 0. The number of nitrogens with two attached hydrogens (primary N) is 1. The largest absolute Gasteiger partial charge is 0.299 e. The zero-order valence-electron chi connectivity index (χ0n) is 12.4. The van der Waals surface area contributed by atoms with E-state index in [9.17, 15) is 4.79 Å². The number of rotatable bonds is 3. The van der Waals surface area contributed by atoms with Crippen molar-refractivity contribution in [3.8, 4) is 0 Å². The maximum absolute atomic E-state index is 11.9. The maximum atomic E-state index is 11.9. The molecule has 1 atom stereocenters. The van der Waals surface area contributed by atoms with Crippen molar-refractivity contribution in [2.24, 2.45) is 5.84 Å². The van der Waals surface area contributed by atoms with E-state index >= 15 is 0 Å². The topological polar surface area (TPSA) is 61.6 Å². The van der Waals surface area contributed by atoms with Gasteiger partial charge >= 0.3 is 0 Å². The molecular formula is C16H24N4O. The molecule has 1 unspecified atom stereocenters. The predicted octanol–water partition coefficient (Wildman–Crippen LogP) is 0.960. The fourth-order valence-electron chi connectivity index (χ4n) is 3.62. The lowest BCUT2D eigenvalue weighted by molar-refractivity contribution is 0.0951. The molecule has 5 heteroatoms. The first-order valence-corrected chi connectivity index (χ1v) is 7.83. The second-order valence-electron chi connectivity index (χ2n) is 6.05. The number of benzene rings is 1. The van der Waals surface area contributed by atoms with Crippen molar-refractivity contribution in [2.75, 3.05) is 26.2 Å². The van der Waals surface area contributed by atoms with Gasteiger partial charge < -0.3 is 0 Å². The van der Waals surface area contributed by atoms with Gasteiger partial charge in [0.15, 0.2) is 0 Å². The van der Waals surface area contributed by atoms with Crippen LogP contribution in [0.4, 0.5) is 0 Å². The van der Waals surface area contributed by atoms with E-state index in [2.05, 4.69) is 15.2 Å². The molecule has 114 valence electrons. The minimum absolute atomic E-state index is 0.206. The Balaban J connectivity index is 1.72. The molecule has 0 spiro atoms. The number of hydrogen-bond donors (Lipinski definition) is 2. The molecule has 0 aliphatic carbocycles. The lowest BCUT2D eigenvalue weighted by Crippen LogP contribution is -2.37. The molecule has 3 rings (SSSR count). The molecule has 5 nitrogen and oxygen atoms in total. The van der Waals surface area contributed by atoms with Gasteiger partial charge in [-0.25, -0.2) is 5.84 Å². The third kappa shape index (κ3) is 3.26. The van der Waals surface area contributed by atoms with Crippen molar-refractivity contribution in [2.45, 2.75) is 31.8 Å². The first-order valence-electron chi connectivity index (χ1n) is 7.83. The number of carbonyl (C=O) groups is 1. The summed E-state index contributed by atoms with van der Waals surface area (Å²) in [6, 6.07) is 8.44. The van der Waals surface area contributed by atoms with E-state index < -0.39 is 0 Å². The summed E-state index contributed by atoms with van der Waals surface area (Å²) in [5, 5.41) is 0. The zero-order valence-corrected chi connectivity index (χ0v) is 12.4. The normalized spacial score (nSPS) is 23.6. The molecule has 3 N–H and O–H groups in total. The van der Waals surface area contributed by atoms with E-state index in [1.165, 1.54) is 32.4 Å². The summed E-state index contributed by atoms with van der Waals surface area (Å²) in [4.78, 5) is 17.0. The van der Waals surface area contributed by atoms with Gasteiger partial charge in [0.05, 0.1) is 0 Å². The van der Waals surface area contributed by atoms with Crippen LogP contribution in [0.15, 0.2) is 24.3 Å². The Labute approximate surface area is 126 Å². The van der Waals surface area contributed by atoms with E-state index in [1.807, 2.05) is 24.3 Å². The highest BCUT2D eigenvalue weighted by atomic mass is 16.2. The summed E-state index contributed by atoms with van der Waals surface area (Å²) in [5.74, 6) is 5.08. The van der Waals surface area contributed by atoms with Crippen LogP contribution in [0.3, 0.4) is 0 Å². The van der Waals surface area contributed by atoms with Crippen molar-refractivity contribution in [1.82, 2.24) is 15.2 Å². The van der Waals surface area contributed by atoms with Gasteiger partial charge in [0.1, 0.15) is 0 Å². The fourth-order valence-corrected chi connectivity index (χ4v) is 3.62. The highest BCUT2D eigenvalue weighted by Gasteiger charge is 2.28. The highest BCUT2D eigenvalue weighted by Crippen LogP contribution is 2.22. The molecule has 0 saturated carbocycles. The van der Waals surface area contributed by atoms with Crippen LogP contribution in [0.25, 0.3) is 0 Å². The van der Waals surface area contributed by atoms with Gasteiger partial charge in [-0.1, -0.05) is 18.2 Å². The van der Waals surface area contributed by atoms with Crippen molar-refractivity contribution in [1.29, 1.82) is 0 Å². The Morgan fingerprint density at radius 3 is 2.90 bits per heavy atom. The Morgan fingerprint density at radius 1 is 1.24 bits per heavy atom. The molecule has 2 heterocycles. The smallest absolute Gasteiger partial charge is 0.265 e. The van der Waals surface area contributed by atoms with Crippen LogP contribution in [0.1, 0.15) is 35.2 Å². The first-order chi connectivity index (χ1) is 10.3. The molecule has 1 amide bonds. The van der Waals surface area contributed by atoms with E-state index in [0.717, 1.165) is 25.2 Å². The molecular weight excluding hydrogens is 264 g/mol. The third-order valence-electron chi connectivity index (χ3n) is 4.67. The fraction of sp³-hybridized carbons (Fsp3) is 0.562. The lowest BCUT2D eigenvalue weighted by Gasteiger charge is -2.26. The van der Waals surface area contributed by atoms with E-state index in [0.29, 0.717) is 11.6 Å². The summed E-state index contributed by atoms with van der Waals surface area (Å²) in [7, 11) is 0. The van der Waals surface area contributed by atoms with Crippen molar-refractivity contribution in [3.05, 3.63) is 35.4 Å². The van der Waals surface area contributed by atoms with Crippen LogP contribution < -0.4 is 11.3 Å². The number of hydrazine groups is 1. The van der Waals surface area contributed by atoms with Crippen LogP contribution in [0, 0.1) is 0 Å². The molecule has 0 bridgehead atoms. The number of nitrogens with zero attached hydrogens (tertiary/aromatic N) is 2. The van der Waals surface area contributed by atoms with Crippen LogP contribution >= 0.6 is 0 Å². The lowest BCUT2D eigenvalue weighted by atomic mass is 10.1. The van der Waals surface area contributed by atoms with Crippen LogP contribution in [0.2, 0.25) is 0 Å². The minimum Gasteiger partial charge on any atom is -0.299 e. The summed E-state index contributed by atoms with van der Waals surface area (Å²) in [6.07, 6.45) is 3.84. The molecule has 2 fully saturated rings. The summed E-state index contributed by atoms with van der Waals surface area (Å²) < 4.78 is 0. The van der Waals surface area contributed by atoms with E-state index in [-0.39, 0.29) is 5.91 Å². The molecule has 2 aliphatic heterocycles. The average molecular weight is 288 g/mol. The van der Waals surface area contributed by atoms with Gasteiger partial charge in [-0.2, -0.15) is 0 Å². The Kier molecular flexibility index (Phi) is 4.53. The van der Waals surface area contributed by atoms with Crippen LogP contribution in [-0.4, -0.2) is 47.9 Å². The van der Waals surface area contributed by atoms with Crippen LogP contribution in [-0.2, 0) is 6.54 Å². The summed E-state index contributed by atoms with van der Waals surface area (Å²) in [6.45, 7) is 5.51. The van der Waals surface area contributed by atoms with Crippen molar-refractivity contribution < 1.29 is 4.79 Å². The maximum Gasteiger partial charge on any atom is 0.265 e. The second kappa shape index (κ2) is 6.56. The van der Waals surface area contributed by atoms with Gasteiger partial charge in [0.25, 0.3) is 5.91 Å². The van der Waals surface area contributed by atoms with Gasteiger partial charge in [-0.3, -0.25) is 20.0 Å². The number of carbonyl (C=O) groups excluding carboxylic acids is 1. The van der Waals surface area contributed by atoms with Gasteiger partial charge in [-0.05, 0) is 50.5 Å². The van der Waals surface area contributed by atoms with Gasteiger partial charge in [0.2, 0.25) is 0 Å². The standard InChI is InChI=1S/C16H24N4O/c17-18-16(21)15-7-2-1-5-13(15)11-19-8-4-10-20-9-3-6-14(20)12-19/h1-2,5,7,14H,3-4,6,8-12,17H2,(H,18,21). The number of nitrogen functional groups attached to an aromatic ring is 1. The van der Waals surface area contributed by atoms with Gasteiger partial charge in [-0.15, -0.1) is 0 Å². The van der Waals surface area contributed by atoms with E-state index in [4.69, 9.17) is 5.84 Å². The predicted molar refractivity (Wildman–Crippen MR) is 82.6 cm³/mol. The molecule has 21 heavy (non-hydrogen) atoms. The quantitative estimate of drug-likeness (QED) is 0.494. The second-order valence-corrected chi connectivity index (χ2v) is 6.05. The monoisotopic (exact) mass is 288 g/mol. The Morgan fingerprint density at radius 2 is 2.05 bits per heavy atom. The highest BCUT2D eigenvalue weighted by molar-refractivity contribution is 5.95. The molecule has 2 saturated heterocycles. The zero-order chi connectivity index (χ0) is 14.7. The number of fused-ring (bicyclic) bond motifs is 1. The average Bonchev–Trinajstić information content (AvgIpc) is 2.86. The minimum atomic E-state index is -0.206. The molecule has 0 radical (unpaired) electrons. The number of nitrogens with one attached hydrogen (secondary N) is 1. The summed E-state index contributed by atoms with van der Waals surface area (Å²) in [5.41, 5.74) is 3.99. The van der Waals surface area contributed by atoms with Crippen LogP contribution in [0.5, 0.6) is 0 Å². The molecule has 1 aromatic carbocycles. The molecule has 1 aromatic rings. The SMILES string of the molecule is NNC(=O)c1ccccc1CN1CCCN2CCCC2C1. The Bertz CT molecular complexity index is 505.